The molecule has 1 amide bonds. The Balaban J connectivity index is 2.20. The molecule has 6 heteroatoms. The Bertz CT molecular complexity index is 649. The number of nitrogens with one attached hydrogen (secondary N) is 1. The minimum atomic E-state index is -0.976. The molecule has 2 unspecified atom stereocenters. The first-order chi connectivity index (χ1) is 10.0. The molecule has 5 nitrogen and oxygen atoms in total. The Hall–Kier alpha value is -2.13. The lowest BCUT2D eigenvalue weighted by Crippen LogP contribution is -2.34. The standard InChI is InChI=1S/C15H13BrN2O3/c16-10-5-6-13(9(7-10)8-17)18-14(19)11-3-1-2-4-12(11)15(20)21/h1-2,5-7,11-12H,3-4H2,(H,18,19)(H,20,21). The summed E-state index contributed by atoms with van der Waals surface area (Å²) in [5, 5.41) is 20.9. The number of hydrogen-bond donors (Lipinski definition) is 2. The number of aliphatic carboxylic acids is 1. The minimum Gasteiger partial charge on any atom is -0.481 e. The third-order valence-electron chi connectivity index (χ3n) is 3.45. The molecule has 1 aliphatic rings. The molecule has 0 aliphatic heterocycles. The Kier molecular flexibility index (Phi) is 4.76. The SMILES string of the molecule is N#Cc1cc(Br)ccc1NC(=O)C1CC=CCC1C(=O)O. The normalized spacial score (nSPS) is 20.6. The van der Waals surface area contributed by atoms with Gasteiger partial charge in [-0.25, -0.2) is 0 Å². The second-order valence-corrected chi connectivity index (χ2v) is 5.70. The fourth-order valence-corrected chi connectivity index (χ4v) is 2.68. The zero-order valence-corrected chi connectivity index (χ0v) is 12.6. The smallest absolute Gasteiger partial charge is 0.307 e. The molecule has 0 radical (unpaired) electrons. The van der Waals surface area contributed by atoms with E-state index in [0.717, 1.165) is 4.47 Å². The fraction of sp³-hybridized carbons (Fsp3) is 0.267. The summed E-state index contributed by atoms with van der Waals surface area (Å²) >= 11 is 3.26. The average Bonchev–Trinajstić information content (AvgIpc) is 2.48. The summed E-state index contributed by atoms with van der Waals surface area (Å²) in [6.07, 6.45) is 4.33. The van der Waals surface area contributed by atoms with Crippen molar-refractivity contribution in [3.05, 3.63) is 40.4 Å². The summed E-state index contributed by atoms with van der Waals surface area (Å²) in [5.41, 5.74) is 0.723. The Morgan fingerprint density at radius 2 is 1.95 bits per heavy atom. The number of rotatable bonds is 3. The number of nitriles is 1. The van der Waals surface area contributed by atoms with Crippen LogP contribution in [-0.4, -0.2) is 17.0 Å². The van der Waals surface area contributed by atoms with Crippen LogP contribution in [0.4, 0.5) is 5.69 Å². The van der Waals surface area contributed by atoms with Gasteiger partial charge in [0.2, 0.25) is 5.91 Å². The summed E-state index contributed by atoms with van der Waals surface area (Å²) in [4.78, 5) is 23.5. The number of halogens is 1. The number of carboxylic acids is 1. The summed E-state index contributed by atoms with van der Waals surface area (Å²) in [5.74, 6) is -2.69. The molecule has 1 aromatic rings. The number of amides is 1. The Labute approximate surface area is 130 Å². The molecule has 108 valence electrons. The molecule has 2 N–H and O–H groups in total. The van der Waals surface area contributed by atoms with Gasteiger partial charge in [-0.2, -0.15) is 5.26 Å². The van der Waals surface area contributed by atoms with Gasteiger partial charge in [0.25, 0.3) is 0 Å². The van der Waals surface area contributed by atoms with Gasteiger partial charge in [0.15, 0.2) is 0 Å². The highest BCUT2D eigenvalue weighted by Crippen LogP contribution is 2.28. The van der Waals surface area contributed by atoms with E-state index in [4.69, 9.17) is 5.26 Å². The predicted molar refractivity (Wildman–Crippen MR) is 80.5 cm³/mol. The Morgan fingerprint density at radius 1 is 1.29 bits per heavy atom. The van der Waals surface area contributed by atoms with E-state index in [2.05, 4.69) is 21.2 Å². The van der Waals surface area contributed by atoms with Crippen molar-refractivity contribution in [3.63, 3.8) is 0 Å². The molecule has 0 fully saturated rings. The highest BCUT2D eigenvalue weighted by molar-refractivity contribution is 9.10. The molecule has 0 spiro atoms. The lowest BCUT2D eigenvalue weighted by molar-refractivity contribution is -0.146. The van der Waals surface area contributed by atoms with Crippen molar-refractivity contribution in [2.45, 2.75) is 12.8 Å². The van der Waals surface area contributed by atoms with E-state index in [9.17, 15) is 14.7 Å². The van der Waals surface area contributed by atoms with Gasteiger partial charge in [-0.15, -0.1) is 0 Å². The van der Waals surface area contributed by atoms with E-state index in [1.807, 2.05) is 12.1 Å². The first-order valence-electron chi connectivity index (χ1n) is 6.41. The third-order valence-corrected chi connectivity index (χ3v) is 3.94. The largest absolute Gasteiger partial charge is 0.481 e. The van der Waals surface area contributed by atoms with Gasteiger partial charge < -0.3 is 10.4 Å². The predicted octanol–water partition coefficient (Wildman–Crippen LogP) is 2.93. The maximum Gasteiger partial charge on any atom is 0.307 e. The number of carboxylic acid groups (broad SMARTS) is 1. The van der Waals surface area contributed by atoms with E-state index in [1.54, 1.807) is 24.3 Å². The number of nitrogens with zero attached hydrogens (tertiary/aromatic N) is 1. The highest BCUT2D eigenvalue weighted by atomic mass is 79.9. The molecule has 1 aromatic carbocycles. The van der Waals surface area contributed by atoms with E-state index in [0.29, 0.717) is 24.1 Å². The molecule has 2 atom stereocenters. The fourth-order valence-electron chi connectivity index (χ4n) is 2.32. The second kappa shape index (κ2) is 6.55. The van der Waals surface area contributed by atoms with Crippen molar-refractivity contribution in [3.8, 4) is 6.07 Å². The van der Waals surface area contributed by atoms with Crippen LogP contribution in [0, 0.1) is 23.2 Å². The van der Waals surface area contributed by atoms with Gasteiger partial charge in [-0.1, -0.05) is 28.1 Å². The molecule has 0 aromatic heterocycles. The minimum absolute atomic E-state index is 0.330. The quantitative estimate of drug-likeness (QED) is 0.821. The van der Waals surface area contributed by atoms with Crippen molar-refractivity contribution in [2.24, 2.45) is 11.8 Å². The number of allylic oxidation sites excluding steroid dienone is 2. The summed E-state index contributed by atoms with van der Waals surface area (Å²) in [6.45, 7) is 0. The molecular formula is C15H13BrN2O3. The van der Waals surface area contributed by atoms with Crippen molar-refractivity contribution >= 4 is 33.5 Å². The van der Waals surface area contributed by atoms with Crippen molar-refractivity contribution in [1.29, 1.82) is 5.26 Å². The van der Waals surface area contributed by atoms with Gasteiger partial charge in [0.1, 0.15) is 6.07 Å². The summed E-state index contributed by atoms with van der Waals surface area (Å²) in [6, 6.07) is 6.94. The van der Waals surface area contributed by atoms with Crippen LogP contribution in [0.15, 0.2) is 34.8 Å². The number of carbonyl (C=O) groups is 2. The van der Waals surface area contributed by atoms with Crippen LogP contribution >= 0.6 is 15.9 Å². The van der Waals surface area contributed by atoms with Gasteiger partial charge in [-0.05, 0) is 31.0 Å². The zero-order valence-electron chi connectivity index (χ0n) is 11.0. The molecule has 0 heterocycles. The molecule has 0 bridgehead atoms. The first-order valence-corrected chi connectivity index (χ1v) is 7.20. The van der Waals surface area contributed by atoms with E-state index >= 15 is 0 Å². The molecule has 21 heavy (non-hydrogen) atoms. The van der Waals surface area contributed by atoms with E-state index < -0.39 is 17.8 Å². The maximum absolute atomic E-state index is 12.3. The van der Waals surface area contributed by atoms with Crippen LogP contribution in [0.25, 0.3) is 0 Å². The maximum atomic E-state index is 12.3. The summed E-state index contributed by atoms with van der Waals surface area (Å²) < 4.78 is 0.737. The molecule has 2 rings (SSSR count). The number of hydrogen-bond acceptors (Lipinski definition) is 3. The van der Waals surface area contributed by atoms with Crippen LogP contribution in [0.3, 0.4) is 0 Å². The average molecular weight is 349 g/mol. The number of benzene rings is 1. The first kappa shape index (κ1) is 15.3. The lowest BCUT2D eigenvalue weighted by Gasteiger charge is -2.24. The van der Waals surface area contributed by atoms with E-state index in [1.165, 1.54) is 0 Å². The van der Waals surface area contributed by atoms with Crippen LogP contribution in [-0.2, 0) is 9.59 Å². The van der Waals surface area contributed by atoms with Crippen molar-refractivity contribution < 1.29 is 14.7 Å². The van der Waals surface area contributed by atoms with Crippen LogP contribution in [0.5, 0.6) is 0 Å². The monoisotopic (exact) mass is 348 g/mol. The third kappa shape index (κ3) is 3.50. The van der Waals surface area contributed by atoms with Gasteiger partial charge in [-0.3, -0.25) is 9.59 Å². The number of anilines is 1. The van der Waals surface area contributed by atoms with Crippen molar-refractivity contribution in [2.75, 3.05) is 5.32 Å². The molecule has 0 saturated carbocycles. The lowest BCUT2D eigenvalue weighted by atomic mass is 9.82. The van der Waals surface area contributed by atoms with Crippen LogP contribution in [0.1, 0.15) is 18.4 Å². The van der Waals surface area contributed by atoms with Crippen LogP contribution in [0.2, 0.25) is 0 Å². The highest BCUT2D eigenvalue weighted by Gasteiger charge is 2.34. The van der Waals surface area contributed by atoms with Crippen LogP contribution < -0.4 is 5.32 Å². The number of carbonyl (C=O) groups excluding carboxylic acids is 1. The second-order valence-electron chi connectivity index (χ2n) is 4.78. The summed E-state index contributed by atoms with van der Waals surface area (Å²) in [7, 11) is 0. The molecular weight excluding hydrogens is 336 g/mol. The Morgan fingerprint density at radius 3 is 2.57 bits per heavy atom. The zero-order chi connectivity index (χ0) is 15.4. The molecule has 1 aliphatic carbocycles. The van der Waals surface area contributed by atoms with Gasteiger partial charge >= 0.3 is 5.97 Å². The molecule has 0 saturated heterocycles. The van der Waals surface area contributed by atoms with E-state index in [-0.39, 0.29) is 5.91 Å². The van der Waals surface area contributed by atoms with Gasteiger partial charge in [0, 0.05) is 4.47 Å². The van der Waals surface area contributed by atoms with Crippen molar-refractivity contribution in [1.82, 2.24) is 0 Å². The topological polar surface area (TPSA) is 90.2 Å². The van der Waals surface area contributed by atoms with Gasteiger partial charge in [0.05, 0.1) is 23.1 Å².